The number of fused-ring (bicyclic) bond motifs is 1. The van der Waals surface area contributed by atoms with Crippen molar-refractivity contribution in [2.75, 3.05) is 5.32 Å². The van der Waals surface area contributed by atoms with Gasteiger partial charge < -0.3 is 5.32 Å². The van der Waals surface area contributed by atoms with Crippen molar-refractivity contribution in [2.24, 2.45) is 7.05 Å². The molecule has 158 valence electrons. The van der Waals surface area contributed by atoms with Crippen molar-refractivity contribution in [1.29, 1.82) is 0 Å². The van der Waals surface area contributed by atoms with Gasteiger partial charge in [-0.2, -0.15) is 10.2 Å². The van der Waals surface area contributed by atoms with Gasteiger partial charge in [0.05, 0.1) is 45.1 Å². The summed E-state index contributed by atoms with van der Waals surface area (Å²) >= 11 is 12.1. The Hall–Kier alpha value is -2.90. The van der Waals surface area contributed by atoms with Gasteiger partial charge in [-0.1, -0.05) is 29.3 Å². The van der Waals surface area contributed by atoms with Crippen LogP contribution in [0.15, 0.2) is 36.7 Å². The molecular formula is C22H20Cl2N6O. The Morgan fingerprint density at radius 3 is 2.77 bits per heavy atom. The van der Waals surface area contributed by atoms with E-state index in [1.165, 1.54) is 0 Å². The third-order valence-corrected chi connectivity index (χ3v) is 6.19. The molecule has 0 radical (unpaired) electrons. The fourth-order valence-electron chi connectivity index (χ4n) is 3.77. The summed E-state index contributed by atoms with van der Waals surface area (Å²) in [5.41, 5.74) is 4.65. The molecule has 0 aliphatic heterocycles. The molecule has 31 heavy (non-hydrogen) atoms. The van der Waals surface area contributed by atoms with Gasteiger partial charge in [-0.15, -0.1) is 0 Å². The van der Waals surface area contributed by atoms with Gasteiger partial charge in [0.15, 0.2) is 5.65 Å². The van der Waals surface area contributed by atoms with Crippen molar-refractivity contribution >= 4 is 45.8 Å². The molecule has 0 spiro atoms. The number of rotatable bonds is 5. The quantitative estimate of drug-likeness (QED) is 0.462. The maximum absolute atomic E-state index is 13.2. The number of hydrogen-bond donors (Lipinski definition) is 1. The van der Waals surface area contributed by atoms with E-state index in [0.717, 1.165) is 40.8 Å². The highest BCUT2D eigenvalue weighted by molar-refractivity contribution is 6.42. The number of anilines is 1. The predicted molar refractivity (Wildman–Crippen MR) is 121 cm³/mol. The van der Waals surface area contributed by atoms with E-state index >= 15 is 0 Å². The third-order valence-electron chi connectivity index (χ3n) is 5.45. The average Bonchev–Trinajstić information content (AvgIpc) is 3.44. The monoisotopic (exact) mass is 454 g/mol. The highest BCUT2D eigenvalue weighted by atomic mass is 35.5. The topological polar surface area (TPSA) is 77.6 Å². The van der Waals surface area contributed by atoms with Gasteiger partial charge in [-0.25, -0.2) is 4.98 Å². The predicted octanol–water partition coefficient (Wildman–Crippen LogP) is 4.96. The van der Waals surface area contributed by atoms with Crippen LogP contribution in [-0.4, -0.2) is 30.5 Å². The lowest BCUT2D eigenvalue weighted by molar-refractivity contribution is 0.102. The molecule has 3 aromatic heterocycles. The van der Waals surface area contributed by atoms with Crippen LogP contribution in [0.3, 0.4) is 0 Å². The lowest BCUT2D eigenvalue weighted by Crippen LogP contribution is -2.13. The van der Waals surface area contributed by atoms with Crippen LogP contribution in [0.1, 0.15) is 46.1 Å². The molecule has 1 aliphatic rings. The molecule has 9 heteroatoms. The molecule has 1 amide bonds. The minimum atomic E-state index is -0.195. The van der Waals surface area contributed by atoms with E-state index in [1.54, 1.807) is 27.8 Å². The van der Waals surface area contributed by atoms with Crippen molar-refractivity contribution in [1.82, 2.24) is 24.5 Å². The first kappa shape index (κ1) is 20.0. The van der Waals surface area contributed by atoms with E-state index in [9.17, 15) is 4.79 Å². The summed E-state index contributed by atoms with van der Waals surface area (Å²) in [5, 5.41) is 13.6. The number of hydrogen-bond acceptors (Lipinski definition) is 4. The molecular weight excluding hydrogens is 435 g/mol. The van der Waals surface area contributed by atoms with Crippen LogP contribution in [-0.2, 0) is 13.6 Å². The number of carbonyl (C=O) groups is 1. The Labute approximate surface area is 189 Å². The molecule has 4 aromatic rings. The molecule has 1 aromatic carbocycles. The summed E-state index contributed by atoms with van der Waals surface area (Å²) < 4.78 is 3.48. The van der Waals surface area contributed by atoms with Gasteiger partial charge in [-0.05, 0) is 43.5 Å². The Morgan fingerprint density at radius 1 is 1.23 bits per heavy atom. The molecule has 1 N–H and O–H groups in total. The van der Waals surface area contributed by atoms with Crippen molar-refractivity contribution in [2.45, 2.75) is 32.2 Å². The summed E-state index contributed by atoms with van der Waals surface area (Å²) in [4.78, 5) is 17.9. The molecule has 1 aliphatic carbocycles. The van der Waals surface area contributed by atoms with Gasteiger partial charge in [-0.3, -0.25) is 14.2 Å². The first-order valence-electron chi connectivity index (χ1n) is 10.0. The van der Waals surface area contributed by atoms with Gasteiger partial charge in [0.1, 0.15) is 0 Å². The summed E-state index contributed by atoms with van der Waals surface area (Å²) in [6, 6.07) is 7.37. The number of amides is 1. The largest absolute Gasteiger partial charge is 0.319 e. The molecule has 3 heterocycles. The van der Waals surface area contributed by atoms with Crippen molar-refractivity contribution in [3.8, 4) is 0 Å². The molecule has 0 unspecified atom stereocenters. The normalized spacial score (nSPS) is 13.7. The zero-order chi connectivity index (χ0) is 21.7. The average molecular weight is 455 g/mol. The Morgan fingerprint density at radius 2 is 2.03 bits per heavy atom. The van der Waals surface area contributed by atoms with E-state index in [4.69, 9.17) is 28.2 Å². The zero-order valence-corrected chi connectivity index (χ0v) is 18.6. The number of carbonyl (C=O) groups excluding carboxylic acids is 1. The maximum Gasteiger partial charge on any atom is 0.256 e. The number of pyridine rings is 1. The van der Waals surface area contributed by atoms with Gasteiger partial charge in [0.2, 0.25) is 0 Å². The minimum absolute atomic E-state index is 0.195. The number of benzene rings is 1. The van der Waals surface area contributed by atoms with Crippen molar-refractivity contribution in [3.63, 3.8) is 0 Å². The molecule has 0 saturated heterocycles. The van der Waals surface area contributed by atoms with Crippen LogP contribution in [0.2, 0.25) is 10.0 Å². The maximum atomic E-state index is 13.2. The smallest absolute Gasteiger partial charge is 0.256 e. The summed E-state index contributed by atoms with van der Waals surface area (Å²) in [6.07, 6.45) is 5.64. The van der Waals surface area contributed by atoms with Crippen LogP contribution in [0.5, 0.6) is 0 Å². The molecule has 0 atom stereocenters. The number of nitrogens with zero attached hydrogens (tertiary/aromatic N) is 5. The second-order valence-electron chi connectivity index (χ2n) is 7.91. The Bertz CT molecular complexity index is 1320. The SMILES string of the molecule is Cc1nn(C)c2nc(C3CC3)cc(C(=O)Nc3cnn(Cc4ccc(Cl)c(Cl)c4)c3)c12. The lowest BCUT2D eigenvalue weighted by Gasteiger charge is -2.08. The number of nitrogens with one attached hydrogen (secondary N) is 1. The minimum Gasteiger partial charge on any atom is -0.319 e. The van der Waals surface area contributed by atoms with Crippen LogP contribution in [0.4, 0.5) is 5.69 Å². The summed E-state index contributed by atoms with van der Waals surface area (Å²) in [7, 11) is 1.85. The van der Waals surface area contributed by atoms with Crippen LogP contribution >= 0.6 is 23.2 Å². The van der Waals surface area contributed by atoms with Crippen LogP contribution in [0, 0.1) is 6.92 Å². The summed E-state index contributed by atoms with van der Waals surface area (Å²) in [6.45, 7) is 2.41. The Balaban J connectivity index is 1.40. The molecule has 5 rings (SSSR count). The standard InChI is InChI=1S/C22H20Cl2N6O/c1-12-20-16(8-19(14-4-5-14)27-21(20)29(2)28-12)22(31)26-15-9-25-30(11-15)10-13-3-6-17(23)18(24)7-13/h3,6-9,11,14H,4-5,10H2,1-2H3,(H,26,31). The Kier molecular flexibility index (Phi) is 4.95. The third kappa shape index (κ3) is 3.91. The first-order valence-corrected chi connectivity index (χ1v) is 10.8. The molecule has 1 saturated carbocycles. The second-order valence-corrected chi connectivity index (χ2v) is 8.72. The summed E-state index contributed by atoms with van der Waals surface area (Å²) in [5.74, 6) is 0.236. The van der Waals surface area contributed by atoms with Gasteiger partial charge in [0, 0.05) is 24.9 Å². The molecule has 7 nitrogen and oxygen atoms in total. The lowest BCUT2D eigenvalue weighted by atomic mass is 10.1. The van der Waals surface area contributed by atoms with E-state index in [0.29, 0.717) is 33.8 Å². The fraction of sp³-hybridized carbons (Fsp3) is 0.273. The van der Waals surface area contributed by atoms with E-state index in [-0.39, 0.29) is 5.91 Å². The van der Waals surface area contributed by atoms with Crippen LogP contribution in [0.25, 0.3) is 11.0 Å². The number of halogens is 2. The zero-order valence-electron chi connectivity index (χ0n) is 17.1. The number of aromatic nitrogens is 5. The number of aryl methyl sites for hydroxylation is 2. The fourth-order valence-corrected chi connectivity index (χ4v) is 4.09. The van der Waals surface area contributed by atoms with E-state index < -0.39 is 0 Å². The second kappa shape index (κ2) is 7.66. The molecule has 1 fully saturated rings. The van der Waals surface area contributed by atoms with Crippen molar-refractivity contribution in [3.05, 3.63) is 69.2 Å². The van der Waals surface area contributed by atoms with Crippen LogP contribution < -0.4 is 5.32 Å². The van der Waals surface area contributed by atoms with E-state index in [2.05, 4.69) is 15.5 Å². The highest BCUT2D eigenvalue weighted by Crippen LogP contribution is 2.40. The van der Waals surface area contributed by atoms with Crippen molar-refractivity contribution < 1.29 is 4.79 Å². The van der Waals surface area contributed by atoms with Gasteiger partial charge in [0.25, 0.3) is 5.91 Å². The van der Waals surface area contributed by atoms with E-state index in [1.807, 2.05) is 32.2 Å². The van der Waals surface area contributed by atoms with Gasteiger partial charge >= 0.3 is 0 Å². The first-order chi connectivity index (χ1) is 14.9. The highest BCUT2D eigenvalue weighted by Gasteiger charge is 2.28. The molecule has 0 bridgehead atoms.